The van der Waals surface area contributed by atoms with Gasteiger partial charge in [0, 0.05) is 31.5 Å². The van der Waals surface area contributed by atoms with Gasteiger partial charge in [-0.2, -0.15) is 0 Å². The van der Waals surface area contributed by atoms with Gasteiger partial charge in [-0.1, -0.05) is 11.2 Å². The minimum atomic E-state index is -0.307. The second-order valence-electron chi connectivity index (χ2n) is 6.38. The molecule has 0 bridgehead atoms. The van der Waals surface area contributed by atoms with Crippen molar-refractivity contribution in [3.63, 3.8) is 0 Å². The zero-order valence-corrected chi connectivity index (χ0v) is 15.7. The number of aliphatic hydroxyl groups is 1. The summed E-state index contributed by atoms with van der Waals surface area (Å²) in [6, 6.07) is 8.76. The molecule has 0 saturated carbocycles. The second-order valence-corrected chi connectivity index (χ2v) is 6.38. The van der Waals surface area contributed by atoms with Gasteiger partial charge in [0.2, 0.25) is 5.88 Å². The lowest BCUT2D eigenvalue weighted by molar-refractivity contribution is 0.0302. The minimum absolute atomic E-state index is 0.0774. The Morgan fingerprint density at radius 1 is 1.17 bits per heavy atom. The van der Waals surface area contributed by atoms with E-state index in [4.69, 9.17) is 14.0 Å². The smallest absolute Gasteiger partial charge is 0.255 e. The summed E-state index contributed by atoms with van der Waals surface area (Å²) < 4.78 is 16.2. The molecule has 0 aliphatic carbocycles. The van der Waals surface area contributed by atoms with E-state index >= 15 is 0 Å². The summed E-state index contributed by atoms with van der Waals surface area (Å²) in [6.45, 7) is 2.03. The molecule has 3 aromatic heterocycles. The van der Waals surface area contributed by atoms with Gasteiger partial charge in [-0.15, -0.1) is 0 Å². The number of nitrogens with zero attached hydrogens (tertiary/aromatic N) is 4. The molecule has 29 heavy (non-hydrogen) atoms. The average molecular weight is 396 g/mol. The van der Waals surface area contributed by atoms with Gasteiger partial charge >= 0.3 is 0 Å². The number of aliphatic hydroxyl groups excluding tert-OH is 1. The number of hydrogen-bond donors (Lipinski definition) is 1. The van der Waals surface area contributed by atoms with Crippen LogP contribution in [-0.4, -0.2) is 57.3 Å². The molecule has 9 heteroatoms. The number of hydrogen-bond acceptors (Lipinski definition) is 8. The van der Waals surface area contributed by atoms with Crippen LogP contribution >= 0.6 is 0 Å². The first-order valence-electron chi connectivity index (χ1n) is 9.22. The van der Waals surface area contributed by atoms with Gasteiger partial charge in [-0.25, -0.2) is 4.98 Å². The first-order chi connectivity index (χ1) is 14.3. The Morgan fingerprint density at radius 3 is 2.72 bits per heavy atom. The third-order valence-electron chi connectivity index (χ3n) is 4.57. The Balaban J connectivity index is 1.46. The molecule has 1 amide bonds. The predicted molar refractivity (Wildman–Crippen MR) is 101 cm³/mol. The molecule has 1 aliphatic heterocycles. The topological polar surface area (TPSA) is 111 Å². The van der Waals surface area contributed by atoms with Crippen molar-refractivity contribution in [2.24, 2.45) is 0 Å². The second kappa shape index (κ2) is 8.80. The van der Waals surface area contributed by atoms with Crippen LogP contribution in [-0.2, 0) is 18.0 Å². The Morgan fingerprint density at radius 2 is 2.03 bits per heavy atom. The van der Waals surface area contributed by atoms with Crippen LogP contribution in [0, 0.1) is 0 Å². The summed E-state index contributed by atoms with van der Waals surface area (Å²) in [5.41, 5.74) is 2.22. The van der Waals surface area contributed by atoms with E-state index in [1.54, 1.807) is 35.4 Å². The van der Waals surface area contributed by atoms with Crippen molar-refractivity contribution >= 4 is 5.91 Å². The van der Waals surface area contributed by atoms with Crippen LogP contribution in [0.5, 0.6) is 5.88 Å². The van der Waals surface area contributed by atoms with Crippen molar-refractivity contribution < 1.29 is 23.9 Å². The maximum atomic E-state index is 12.5. The van der Waals surface area contributed by atoms with E-state index in [0.29, 0.717) is 60.5 Å². The molecular formula is C20H20N4O5. The van der Waals surface area contributed by atoms with Crippen molar-refractivity contribution in [3.05, 3.63) is 59.6 Å². The average Bonchev–Trinajstić information content (AvgIpc) is 3.21. The van der Waals surface area contributed by atoms with Crippen LogP contribution in [0.1, 0.15) is 21.7 Å². The third kappa shape index (κ3) is 4.25. The molecule has 0 aromatic carbocycles. The van der Waals surface area contributed by atoms with Crippen LogP contribution in [0.4, 0.5) is 0 Å². The summed E-state index contributed by atoms with van der Waals surface area (Å²) in [5, 5.41) is 13.5. The Kier molecular flexibility index (Phi) is 5.78. The van der Waals surface area contributed by atoms with Crippen molar-refractivity contribution in [2.45, 2.75) is 13.2 Å². The number of ether oxygens (including phenoxy) is 2. The van der Waals surface area contributed by atoms with Crippen LogP contribution in [0.2, 0.25) is 0 Å². The summed E-state index contributed by atoms with van der Waals surface area (Å²) in [4.78, 5) is 22.7. The minimum Gasteiger partial charge on any atom is -0.473 e. The number of pyridine rings is 2. The predicted octanol–water partition coefficient (Wildman–Crippen LogP) is 1.68. The van der Waals surface area contributed by atoms with Crippen molar-refractivity contribution in [1.29, 1.82) is 0 Å². The summed E-state index contributed by atoms with van der Waals surface area (Å²) in [6.07, 6.45) is 3.15. The maximum Gasteiger partial charge on any atom is 0.255 e. The molecule has 1 N–H and O–H groups in total. The molecular weight excluding hydrogens is 376 g/mol. The van der Waals surface area contributed by atoms with Crippen molar-refractivity contribution in [2.75, 3.05) is 26.3 Å². The number of amides is 1. The molecule has 1 aliphatic rings. The molecule has 1 fully saturated rings. The first kappa shape index (κ1) is 19.0. The monoisotopic (exact) mass is 396 g/mol. The molecule has 150 valence electrons. The van der Waals surface area contributed by atoms with Gasteiger partial charge in [-0.05, 0) is 18.2 Å². The highest BCUT2D eigenvalue weighted by atomic mass is 16.5. The van der Waals surface area contributed by atoms with E-state index in [9.17, 15) is 9.90 Å². The molecule has 1 saturated heterocycles. The van der Waals surface area contributed by atoms with Crippen LogP contribution in [0.25, 0.3) is 11.4 Å². The number of aromatic nitrogens is 3. The largest absolute Gasteiger partial charge is 0.473 e. The first-order valence-corrected chi connectivity index (χ1v) is 9.22. The van der Waals surface area contributed by atoms with Gasteiger partial charge in [-0.3, -0.25) is 9.78 Å². The van der Waals surface area contributed by atoms with Crippen LogP contribution in [0.3, 0.4) is 0 Å². The molecule has 0 spiro atoms. The number of carbonyl (C=O) groups excluding carboxylic acids is 1. The van der Waals surface area contributed by atoms with Gasteiger partial charge in [0.15, 0.2) is 5.76 Å². The highest BCUT2D eigenvalue weighted by Gasteiger charge is 2.20. The molecule has 0 atom stereocenters. The standard InChI is InChI=1S/C20H20N4O5/c25-12-17-15(19(23-29-17)16-3-1-2-6-21-16)13-28-18-5-4-14(11-22-18)20(26)24-7-9-27-10-8-24/h1-6,11,25H,7-10,12-13H2. The molecule has 4 heterocycles. The van der Waals surface area contributed by atoms with Crippen LogP contribution < -0.4 is 4.74 Å². The normalized spacial score (nSPS) is 14.0. The van der Waals surface area contributed by atoms with E-state index in [-0.39, 0.29) is 19.1 Å². The lowest BCUT2D eigenvalue weighted by Crippen LogP contribution is -2.40. The quantitative estimate of drug-likeness (QED) is 0.670. The number of rotatable bonds is 6. The fourth-order valence-electron chi connectivity index (χ4n) is 3.01. The summed E-state index contributed by atoms with van der Waals surface area (Å²) in [5.74, 6) is 0.580. The lowest BCUT2D eigenvalue weighted by atomic mass is 10.1. The highest BCUT2D eigenvalue weighted by molar-refractivity contribution is 5.94. The molecule has 9 nitrogen and oxygen atoms in total. The highest BCUT2D eigenvalue weighted by Crippen LogP contribution is 2.25. The van der Waals surface area contributed by atoms with Gasteiger partial charge in [0.1, 0.15) is 18.9 Å². The molecule has 0 radical (unpaired) electrons. The van der Waals surface area contributed by atoms with Gasteiger partial charge < -0.3 is 24.0 Å². The summed E-state index contributed by atoms with van der Waals surface area (Å²) in [7, 11) is 0. The maximum absolute atomic E-state index is 12.5. The van der Waals surface area contributed by atoms with Crippen LogP contribution in [0.15, 0.2) is 47.2 Å². The lowest BCUT2D eigenvalue weighted by Gasteiger charge is -2.26. The van der Waals surface area contributed by atoms with Crippen molar-refractivity contribution in [1.82, 2.24) is 20.0 Å². The van der Waals surface area contributed by atoms with E-state index in [2.05, 4.69) is 15.1 Å². The molecule has 4 rings (SSSR count). The Labute approximate surface area is 166 Å². The third-order valence-corrected chi connectivity index (χ3v) is 4.57. The van der Waals surface area contributed by atoms with E-state index in [1.807, 2.05) is 6.07 Å². The molecule has 0 unspecified atom stereocenters. The fraction of sp³-hybridized carbons (Fsp3) is 0.300. The summed E-state index contributed by atoms with van der Waals surface area (Å²) >= 11 is 0. The Bertz CT molecular complexity index is 953. The van der Waals surface area contributed by atoms with Crippen molar-refractivity contribution in [3.8, 4) is 17.3 Å². The van der Waals surface area contributed by atoms with Gasteiger partial charge in [0.05, 0.1) is 30.0 Å². The number of carbonyl (C=O) groups is 1. The zero-order chi connectivity index (χ0) is 20.1. The Hall–Kier alpha value is -3.30. The van der Waals surface area contributed by atoms with Gasteiger partial charge in [0.25, 0.3) is 5.91 Å². The van der Waals surface area contributed by atoms with E-state index in [0.717, 1.165) is 0 Å². The zero-order valence-electron chi connectivity index (χ0n) is 15.7. The SMILES string of the molecule is O=C(c1ccc(OCc2c(-c3ccccn3)noc2CO)nc1)N1CCOCC1. The fourth-order valence-corrected chi connectivity index (χ4v) is 3.01. The molecule has 3 aromatic rings. The van der Waals surface area contributed by atoms with E-state index in [1.165, 1.54) is 6.20 Å². The number of morpholine rings is 1. The van der Waals surface area contributed by atoms with E-state index < -0.39 is 0 Å².